The zero-order chi connectivity index (χ0) is 23.1. The third-order valence-electron chi connectivity index (χ3n) is 5.35. The minimum atomic E-state index is -3.65. The van der Waals surface area contributed by atoms with Crippen molar-refractivity contribution < 1.29 is 17.9 Å². The van der Waals surface area contributed by atoms with Gasteiger partial charge in [-0.05, 0) is 43.0 Å². The highest BCUT2D eigenvalue weighted by molar-refractivity contribution is 7.89. The molecule has 0 amide bonds. The molecule has 32 heavy (non-hydrogen) atoms. The van der Waals surface area contributed by atoms with Gasteiger partial charge in [0.15, 0.2) is 0 Å². The fourth-order valence-electron chi connectivity index (χ4n) is 3.83. The maximum absolute atomic E-state index is 13.0. The Hall–Kier alpha value is -2.20. The van der Waals surface area contributed by atoms with Gasteiger partial charge >= 0.3 is 0 Å². The van der Waals surface area contributed by atoms with Gasteiger partial charge in [0.05, 0.1) is 48.5 Å². The van der Waals surface area contributed by atoms with Crippen LogP contribution in [0.1, 0.15) is 32.8 Å². The van der Waals surface area contributed by atoms with Gasteiger partial charge in [-0.3, -0.25) is 4.98 Å². The van der Waals surface area contributed by atoms with Gasteiger partial charge in [-0.15, -0.1) is 0 Å². The predicted molar refractivity (Wildman–Crippen MR) is 126 cm³/mol. The van der Waals surface area contributed by atoms with Crippen molar-refractivity contribution in [3.63, 3.8) is 0 Å². The van der Waals surface area contributed by atoms with E-state index in [1.165, 1.54) is 0 Å². The average molecular weight is 463 g/mol. The standard InChI is InChI=1S/C23H34N4O4S/c1-17(2)13-20(16-31-12-11-30-4)26-32(28,29)21-7-5-19(6-8-21)15-27-18(3)25-22-14-24-10-9-23(22)27/h5-10,14,17-18,20,25-26H,11-13,15-16H2,1-4H3. The molecule has 8 nitrogen and oxygen atoms in total. The SMILES string of the molecule is COCCOCC(CC(C)C)NS(=O)(=O)c1ccc(CN2c3ccncc3NC2C)cc1. The summed E-state index contributed by atoms with van der Waals surface area (Å²) in [4.78, 5) is 6.65. The number of fused-ring (bicyclic) bond motifs is 1. The summed E-state index contributed by atoms with van der Waals surface area (Å²) >= 11 is 0. The number of hydrogen-bond acceptors (Lipinski definition) is 7. The van der Waals surface area contributed by atoms with Crippen LogP contribution in [0, 0.1) is 5.92 Å². The molecule has 2 heterocycles. The molecule has 3 rings (SSSR count). The van der Waals surface area contributed by atoms with Crippen LogP contribution >= 0.6 is 0 Å². The minimum Gasteiger partial charge on any atom is -0.382 e. The van der Waals surface area contributed by atoms with Gasteiger partial charge < -0.3 is 19.7 Å². The molecule has 0 aliphatic carbocycles. The van der Waals surface area contributed by atoms with Crippen LogP contribution in [-0.2, 0) is 26.0 Å². The summed E-state index contributed by atoms with van der Waals surface area (Å²) in [6, 6.07) is 8.76. The molecular formula is C23H34N4O4S. The number of aromatic nitrogens is 1. The van der Waals surface area contributed by atoms with E-state index in [1.807, 2.05) is 24.4 Å². The van der Waals surface area contributed by atoms with E-state index in [0.717, 1.165) is 16.9 Å². The van der Waals surface area contributed by atoms with Crippen molar-refractivity contribution in [3.8, 4) is 0 Å². The largest absolute Gasteiger partial charge is 0.382 e. The van der Waals surface area contributed by atoms with E-state index >= 15 is 0 Å². The highest BCUT2D eigenvalue weighted by atomic mass is 32.2. The van der Waals surface area contributed by atoms with Crippen molar-refractivity contribution in [1.29, 1.82) is 0 Å². The van der Waals surface area contributed by atoms with Crippen molar-refractivity contribution in [2.24, 2.45) is 5.92 Å². The number of methoxy groups -OCH3 is 1. The zero-order valence-corrected chi connectivity index (χ0v) is 20.1. The second-order valence-corrected chi connectivity index (χ2v) is 10.2. The number of nitrogens with one attached hydrogen (secondary N) is 2. The van der Waals surface area contributed by atoms with Crippen molar-refractivity contribution in [1.82, 2.24) is 9.71 Å². The highest BCUT2D eigenvalue weighted by Crippen LogP contribution is 2.34. The van der Waals surface area contributed by atoms with E-state index in [4.69, 9.17) is 9.47 Å². The number of hydrogen-bond donors (Lipinski definition) is 2. The molecule has 2 atom stereocenters. The van der Waals surface area contributed by atoms with Crippen LogP contribution < -0.4 is 14.9 Å². The van der Waals surface area contributed by atoms with Crippen molar-refractivity contribution >= 4 is 21.4 Å². The Morgan fingerprint density at radius 1 is 1.19 bits per heavy atom. The molecule has 176 valence electrons. The summed E-state index contributed by atoms with van der Waals surface area (Å²) < 4.78 is 39.3. The maximum Gasteiger partial charge on any atom is 0.240 e. The van der Waals surface area contributed by atoms with Crippen LogP contribution in [0.25, 0.3) is 0 Å². The fourth-order valence-corrected chi connectivity index (χ4v) is 5.06. The molecule has 2 unspecified atom stereocenters. The molecule has 2 N–H and O–H groups in total. The smallest absolute Gasteiger partial charge is 0.240 e. The fraction of sp³-hybridized carbons (Fsp3) is 0.522. The Morgan fingerprint density at radius 3 is 2.62 bits per heavy atom. The molecule has 1 aliphatic rings. The van der Waals surface area contributed by atoms with Crippen molar-refractivity contribution in [3.05, 3.63) is 48.3 Å². The summed E-state index contributed by atoms with van der Waals surface area (Å²) in [5.74, 6) is 0.338. The molecule has 0 radical (unpaired) electrons. The molecule has 9 heteroatoms. The van der Waals surface area contributed by atoms with E-state index in [2.05, 4.69) is 40.7 Å². The molecule has 2 aromatic rings. The van der Waals surface area contributed by atoms with Gasteiger partial charge in [0.2, 0.25) is 10.0 Å². The van der Waals surface area contributed by atoms with Crippen LogP contribution in [0.15, 0.2) is 47.6 Å². The zero-order valence-electron chi connectivity index (χ0n) is 19.2. The first-order valence-electron chi connectivity index (χ1n) is 11.0. The summed E-state index contributed by atoms with van der Waals surface area (Å²) in [5, 5.41) is 3.40. The van der Waals surface area contributed by atoms with Crippen LogP contribution in [0.4, 0.5) is 11.4 Å². The quantitative estimate of drug-likeness (QED) is 0.468. The second kappa shape index (κ2) is 11.1. The Balaban J connectivity index is 1.65. The number of anilines is 2. The predicted octanol–water partition coefficient (Wildman–Crippen LogP) is 3.22. The number of pyridine rings is 1. The highest BCUT2D eigenvalue weighted by Gasteiger charge is 2.26. The third-order valence-corrected chi connectivity index (χ3v) is 6.89. The van der Waals surface area contributed by atoms with Gasteiger partial charge in [-0.2, -0.15) is 0 Å². The first-order valence-corrected chi connectivity index (χ1v) is 12.4. The van der Waals surface area contributed by atoms with Gasteiger partial charge in [0, 0.05) is 25.9 Å². The molecule has 0 saturated heterocycles. The lowest BCUT2D eigenvalue weighted by molar-refractivity contribution is 0.0589. The van der Waals surface area contributed by atoms with Gasteiger partial charge in [0.25, 0.3) is 0 Å². The number of sulfonamides is 1. The van der Waals surface area contributed by atoms with Gasteiger partial charge in [-0.25, -0.2) is 13.1 Å². The normalized spacial score (nSPS) is 16.8. The topological polar surface area (TPSA) is 92.8 Å². The van der Waals surface area contributed by atoms with Crippen LogP contribution in [0.3, 0.4) is 0 Å². The minimum absolute atomic E-state index is 0.133. The van der Waals surface area contributed by atoms with E-state index < -0.39 is 10.0 Å². The molecular weight excluding hydrogens is 428 g/mol. The molecule has 0 bridgehead atoms. The Morgan fingerprint density at radius 2 is 1.94 bits per heavy atom. The lowest BCUT2D eigenvalue weighted by Gasteiger charge is -2.24. The monoisotopic (exact) mass is 462 g/mol. The molecule has 1 aliphatic heterocycles. The van der Waals surface area contributed by atoms with E-state index in [0.29, 0.717) is 38.7 Å². The molecule has 1 aromatic carbocycles. The second-order valence-electron chi connectivity index (χ2n) is 8.50. The van der Waals surface area contributed by atoms with E-state index in [-0.39, 0.29) is 17.1 Å². The number of rotatable bonds is 12. The van der Waals surface area contributed by atoms with E-state index in [1.54, 1.807) is 25.4 Å². The molecule has 0 spiro atoms. The Kier molecular flexibility index (Phi) is 8.47. The van der Waals surface area contributed by atoms with Crippen LogP contribution in [0.5, 0.6) is 0 Å². The lowest BCUT2D eigenvalue weighted by Crippen LogP contribution is -2.39. The number of benzene rings is 1. The maximum atomic E-state index is 13.0. The van der Waals surface area contributed by atoms with Crippen LogP contribution in [0.2, 0.25) is 0 Å². The van der Waals surface area contributed by atoms with Crippen molar-refractivity contribution in [2.45, 2.75) is 50.8 Å². The summed E-state index contributed by atoms with van der Waals surface area (Å²) in [6.07, 6.45) is 4.42. The lowest BCUT2D eigenvalue weighted by atomic mass is 10.1. The Labute approximate surface area is 191 Å². The first-order chi connectivity index (χ1) is 15.3. The van der Waals surface area contributed by atoms with E-state index in [9.17, 15) is 8.42 Å². The molecule has 0 fully saturated rings. The third kappa shape index (κ3) is 6.41. The van der Waals surface area contributed by atoms with Crippen molar-refractivity contribution in [2.75, 3.05) is 37.1 Å². The Bertz CT molecular complexity index is 966. The number of ether oxygens (including phenoxy) is 2. The molecule has 1 aromatic heterocycles. The first kappa shape index (κ1) is 24.4. The summed E-state index contributed by atoms with van der Waals surface area (Å²) in [7, 11) is -2.04. The summed E-state index contributed by atoms with van der Waals surface area (Å²) in [5.41, 5.74) is 3.13. The van der Waals surface area contributed by atoms with Crippen LogP contribution in [-0.4, -0.2) is 52.5 Å². The van der Waals surface area contributed by atoms with Gasteiger partial charge in [-0.1, -0.05) is 26.0 Å². The number of nitrogens with zero attached hydrogens (tertiary/aromatic N) is 2. The van der Waals surface area contributed by atoms with Gasteiger partial charge in [0.1, 0.15) is 0 Å². The molecule has 0 saturated carbocycles. The summed E-state index contributed by atoms with van der Waals surface area (Å²) in [6.45, 7) is 8.11. The average Bonchev–Trinajstić information content (AvgIpc) is 3.06.